The van der Waals surface area contributed by atoms with Crippen LogP contribution in [0, 0.1) is 5.82 Å². The van der Waals surface area contributed by atoms with Crippen LogP contribution < -0.4 is 5.32 Å². The summed E-state index contributed by atoms with van der Waals surface area (Å²) in [7, 11) is 0. The van der Waals surface area contributed by atoms with Crippen molar-refractivity contribution in [3.05, 3.63) is 34.6 Å². The third kappa shape index (κ3) is 3.96. The number of amides is 1. The summed E-state index contributed by atoms with van der Waals surface area (Å²) >= 11 is 5.84. The number of hydrogen-bond acceptors (Lipinski definition) is 2. The third-order valence-corrected chi connectivity index (χ3v) is 3.29. The van der Waals surface area contributed by atoms with Crippen molar-refractivity contribution < 1.29 is 14.3 Å². The molecule has 0 aliphatic rings. The molecule has 1 rings (SSSR count). The molecule has 1 unspecified atom stereocenters. The van der Waals surface area contributed by atoms with Gasteiger partial charge in [0.15, 0.2) is 0 Å². The lowest BCUT2D eigenvalue weighted by molar-refractivity contribution is -0.122. The number of carbonyl (C=O) groups is 1. The van der Waals surface area contributed by atoms with E-state index in [1.165, 1.54) is 18.2 Å². The molecule has 0 aliphatic heterocycles. The molecular formula is C13H17ClFNO2. The van der Waals surface area contributed by atoms with E-state index in [0.29, 0.717) is 12.0 Å². The Morgan fingerprint density at radius 2 is 2.22 bits per heavy atom. The zero-order valence-corrected chi connectivity index (χ0v) is 11.2. The van der Waals surface area contributed by atoms with E-state index in [1.54, 1.807) is 6.92 Å². The smallest absolute Gasteiger partial charge is 0.224 e. The predicted octanol–water partition coefficient (Wildman–Crippen LogP) is 2.30. The molecule has 1 amide bonds. The van der Waals surface area contributed by atoms with Gasteiger partial charge in [0, 0.05) is 5.02 Å². The van der Waals surface area contributed by atoms with Gasteiger partial charge in [0.25, 0.3) is 0 Å². The Kier molecular flexibility index (Phi) is 5.11. The summed E-state index contributed by atoms with van der Waals surface area (Å²) in [4.78, 5) is 11.8. The average Bonchev–Trinajstić information content (AvgIpc) is 2.32. The summed E-state index contributed by atoms with van der Waals surface area (Å²) in [6.45, 7) is 3.50. The van der Waals surface area contributed by atoms with E-state index in [1.807, 2.05) is 6.92 Å². The zero-order chi connectivity index (χ0) is 13.8. The monoisotopic (exact) mass is 273 g/mol. The second kappa shape index (κ2) is 6.16. The van der Waals surface area contributed by atoms with Crippen molar-refractivity contribution in [2.24, 2.45) is 0 Å². The van der Waals surface area contributed by atoms with Crippen LogP contribution in [0.25, 0.3) is 0 Å². The number of nitrogens with one attached hydrogen (secondary N) is 1. The van der Waals surface area contributed by atoms with Crippen molar-refractivity contribution in [3.63, 3.8) is 0 Å². The summed E-state index contributed by atoms with van der Waals surface area (Å²) in [5.74, 6) is -0.681. The molecule has 0 saturated heterocycles. The minimum absolute atomic E-state index is 0.0642. The highest BCUT2D eigenvalue weighted by atomic mass is 35.5. The number of aliphatic hydroxyl groups excluding tert-OH is 1. The van der Waals surface area contributed by atoms with Crippen LogP contribution in [-0.4, -0.2) is 23.2 Å². The molecule has 0 radical (unpaired) electrons. The quantitative estimate of drug-likeness (QED) is 0.865. The Hall–Kier alpha value is -1.13. The minimum Gasteiger partial charge on any atom is -0.394 e. The largest absolute Gasteiger partial charge is 0.394 e. The topological polar surface area (TPSA) is 49.3 Å². The maximum absolute atomic E-state index is 12.8. The average molecular weight is 274 g/mol. The molecule has 5 heteroatoms. The van der Waals surface area contributed by atoms with E-state index in [4.69, 9.17) is 11.6 Å². The normalized spacial score (nSPS) is 14.1. The Bertz CT molecular complexity index is 433. The Labute approximate surface area is 111 Å². The van der Waals surface area contributed by atoms with Crippen LogP contribution >= 0.6 is 11.6 Å². The molecule has 0 saturated carbocycles. The van der Waals surface area contributed by atoms with E-state index in [9.17, 15) is 14.3 Å². The number of carbonyl (C=O) groups excluding carboxylic acids is 1. The standard InChI is InChI=1S/C13H17ClFNO2/c1-3-13(2,8-17)16-12(18)6-9-4-5-10(15)7-11(9)14/h4-5,7,17H,3,6,8H2,1-2H3,(H,16,18). The highest BCUT2D eigenvalue weighted by Gasteiger charge is 2.23. The van der Waals surface area contributed by atoms with E-state index >= 15 is 0 Å². The number of benzene rings is 1. The first-order chi connectivity index (χ1) is 8.40. The number of rotatable bonds is 5. The highest BCUT2D eigenvalue weighted by molar-refractivity contribution is 6.31. The van der Waals surface area contributed by atoms with E-state index in [2.05, 4.69) is 5.32 Å². The summed E-state index contributed by atoms with van der Waals surface area (Å²) < 4.78 is 12.8. The molecule has 0 bridgehead atoms. The molecule has 2 N–H and O–H groups in total. The lowest BCUT2D eigenvalue weighted by atomic mass is 9.99. The van der Waals surface area contributed by atoms with Gasteiger partial charge < -0.3 is 10.4 Å². The number of aliphatic hydroxyl groups is 1. The van der Waals surface area contributed by atoms with Crippen molar-refractivity contribution in [1.82, 2.24) is 5.32 Å². The van der Waals surface area contributed by atoms with E-state index in [-0.39, 0.29) is 24.0 Å². The van der Waals surface area contributed by atoms with Gasteiger partial charge in [0.1, 0.15) is 5.82 Å². The summed E-state index contributed by atoms with van der Waals surface area (Å²) in [6, 6.07) is 3.92. The molecular weight excluding hydrogens is 257 g/mol. The first kappa shape index (κ1) is 14.9. The van der Waals surface area contributed by atoms with Crippen LogP contribution in [0.1, 0.15) is 25.8 Å². The van der Waals surface area contributed by atoms with Gasteiger partial charge in [-0.15, -0.1) is 0 Å². The fourth-order valence-corrected chi connectivity index (χ4v) is 1.69. The van der Waals surface area contributed by atoms with Gasteiger partial charge in [0.05, 0.1) is 18.6 Å². The minimum atomic E-state index is -0.635. The Balaban J connectivity index is 2.70. The summed E-state index contributed by atoms with van der Waals surface area (Å²) in [5.41, 5.74) is -0.0733. The predicted molar refractivity (Wildman–Crippen MR) is 69.0 cm³/mol. The maximum atomic E-state index is 12.8. The molecule has 0 fully saturated rings. The van der Waals surface area contributed by atoms with Crippen molar-refractivity contribution in [2.75, 3.05) is 6.61 Å². The summed E-state index contributed by atoms with van der Waals surface area (Å²) in [5, 5.41) is 12.2. The fraction of sp³-hybridized carbons (Fsp3) is 0.462. The van der Waals surface area contributed by atoms with Crippen molar-refractivity contribution in [2.45, 2.75) is 32.2 Å². The molecule has 0 aliphatic carbocycles. The molecule has 1 aromatic carbocycles. The molecule has 3 nitrogen and oxygen atoms in total. The van der Waals surface area contributed by atoms with Crippen LogP contribution in [-0.2, 0) is 11.2 Å². The van der Waals surface area contributed by atoms with Gasteiger partial charge in [-0.25, -0.2) is 4.39 Å². The van der Waals surface area contributed by atoms with Crippen LogP contribution in [0.3, 0.4) is 0 Å². The molecule has 100 valence electrons. The van der Waals surface area contributed by atoms with Gasteiger partial charge in [-0.2, -0.15) is 0 Å². The summed E-state index contributed by atoms with van der Waals surface area (Å²) in [6.07, 6.45) is 0.682. The van der Waals surface area contributed by atoms with Crippen LogP contribution in [0.15, 0.2) is 18.2 Å². The molecule has 1 aromatic rings. The zero-order valence-electron chi connectivity index (χ0n) is 10.5. The highest BCUT2D eigenvalue weighted by Crippen LogP contribution is 2.18. The van der Waals surface area contributed by atoms with Gasteiger partial charge in [-0.05, 0) is 31.0 Å². The lowest BCUT2D eigenvalue weighted by Crippen LogP contribution is -2.48. The molecule has 0 heterocycles. The Morgan fingerprint density at radius 3 is 2.72 bits per heavy atom. The molecule has 0 aromatic heterocycles. The van der Waals surface area contributed by atoms with Gasteiger partial charge in [-0.1, -0.05) is 24.6 Å². The third-order valence-electron chi connectivity index (χ3n) is 2.94. The maximum Gasteiger partial charge on any atom is 0.224 e. The van der Waals surface area contributed by atoms with Gasteiger partial charge in [0.2, 0.25) is 5.91 Å². The lowest BCUT2D eigenvalue weighted by Gasteiger charge is -2.27. The van der Waals surface area contributed by atoms with Crippen LogP contribution in [0.2, 0.25) is 5.02 Å². The van der Waals surface area contributed by atoms with Crippen LogP contribution in [0.4, 0.5) is 4.39 Å². The van der Waals surface area contributed by atoms with Crippen LogP contribution in [0.5, 0.6) is 0 Å². The fourth-order valence-electron chi connectivity index (χ4n) is 1.46. The van der Waals surface area contributed by atoms with Gasteiger partial charge in [-0.3, -0.25) is 4.79 Å². The van der Waals surface area contributed by atoms with Gasteiger partial charge >= 0.3 is 0 Å². The van der Waals surface area contributed by atoms with Crippen molar-refractivity contribution in [1.29, 1.82) is 0 Å². The molecule has 0 spiro atoms. The number of hydrogen-bond donors (Lipinski definition) is 2. The first-order valence-corrected chi connectivity index (χ1v) is 6.14. The van der Waals surface area contributed by atoms with E-state index < -0.39 is 11.4 Å². The molecule has 1 atom stereocenters. The van der Waals surface area contributed by atoms with E-state index in [0.717, 1.165) is 0 Å². The second-order valence-electron chi connectivity index (χ2n) is 4.53. The van der Waals surface area contributed by atoms with Crippen molar-refractivity contribution >= 4 is 17.5 Å². The van der Waals surface area contributed by atoms with Crippen molar-refractivity contribution in [3.8, 4) is 0 Å². The first-order valence-electron chi connectivity index (χ1n) is 5.76. The molecule has 18 heavy (non-hydrogen) atoms. The SMILES string of the molecule is CCC(C)(CO)NC(=O)Cc1ccc(F)cc1Cl. The Morgan fingerprint density at radius 1 is 1.56 bits per heavy atom. The second-order valence-corrected chi connectivity index (χ2v) is 4.94. The number of halogens is 2.